The first-order chi connectivity index (χ1) is 15.1. The normalized spacial score (nSPS) is 12.5. The zero-order chi connectivity index (χ0) is 23.5. The van der Waals surface area contributed by atoms with Gasteiger partial charge in [0.2, 0.25) is 10.0 Å². The Morgan fingerprint density at radius 1 is 0.906 bits per heavy atom. The molecule has 0 saturated carbocycles. The molecule has 0 aliphatic rings. The van der Waals surface area contributed by atoms with Crippen molar-refractivity contribution in [3.63, 3.8) is 0 Å². The van der Waals surface area contributed by atoms with E-state index in [1.165, 1.54) is 23.7 Å². The molecule has 1 aromatic heterocycles. The van der Waals surface area contributed by atoms with Gasteiger partial charge in [0, 0.05) is 5.39 Å². The Labute approximate surface area is 184 Å². The van der Waals surface area contributed by atoms with Gasteiger partial charge >= 0.3 is 0 Å². The maximum Gasteiger partial charge on any atom is 0.290 e. The molecular weight excluding hydrogens is 434 g/mol. The smallest absolute Gasteiger partial charge is 0.271 e. The lowest BCUT2D eigenvalue weighted by atomic mass is 10.1. The van der Waals surface area contributed by atoms with Crippen LogP contribution >= 0.6 is 0 Å². The van der Waals surface area contributed by atoms with Crippen molar-refractivity contribution in [2.45, 2.75) is 37.8 Å². The highest BCUT2D eigenvalue weighted by atomic mass is 32.2. The van der Waals surface area contributed by atoms with Gasteiger partial charge in [0.25, 0.3) is 17.4 Å². The molecule has 10 nitrogen and oxygen atoms in total. The highest BCUT2D eigenvalue weighted by molar-refractivity contribution is 7.89. The van der Waals surface area contributed by atoms with Gasteiger partial charge in [0.1, 0.15) is 0 Å². The Balaban J connectivity index is 1.76. The van der Waals surface area contributed by atoms with Crippen LogP contribution in [0.15, 0.2) is 64.3 Å². The van der Waals surface area contributed by atoms with E-state index >= 15 is 0 Å². The lowest BCUT2D eigenvalue weighted by molar-refractivity contribution is -0.123. The summed E-state index contributed by atoms with van der Waals surface area (Å²) in [6, 6.07) is 12.7. The lowest BCUT2D eigenvalue weighted by Crippen LogP contribution is -2.51. The SMILES string of the molecule is CC(NS(=O)(=O)c1ccccc1)C(=O)NNC(=O)c1nn(C(C)C)c(=O)c2ccccc12. The first kappa shape index (κ1) is 23.1. The van der Waals surface area contributed by atoms with E-state index in [2.05, 4.69) is 20.7 Å². The number of nitrogens with one attached hydrogen (secondary N) is 3. The Kier molecular flexibility index (Phi) is 6.70. The number of hydrazine groups is 1. The molecule has 1 heterocycles. The van der Waals surface area contributed by atoms with Crippen LogP contribution in [0.1, 0.15) is 37.3 Å². The van der Waals surface area contributed by atoms with Crippen molar-refractivity contribution >= 4 is 32.6 Å². The topological polar surface area (TPSA) is 139 Å². The van der Waals surface area contributed by atoms with Crippen molar-refractivity contribution in [3.8, 4) is 0 Å². The Hall–Kier alpha value is -3.57. The molecule has 1 unspecified atom stereocenters. The number of carbonyl (C=O) groups is 2. The second kappa shape index (κ2) is 9.28. The predicted molar refractivity (Wildman–Crippen MR) is 118 cm³/mol. The second-order valence-electron chi connectivity index (χ2n) is 7.34. The molecule has 1 atom stereocenters. The summed E-state index contributed by atoms with van der Waals surface area (Å²) < 4.78 is 28.2. The first-order valence-electron chi connectivity index (χ1n) is 9.81. The summed E-state index contributed by atoms with van der Waals surface area (Å²) in [5.74, 6) is -1.53. The quantitative estimate of drug-likeness (QED) is 0.474. The van der Waals surface area contributed by atoms with Crippen LogP contribution in [0.5, 0.6) is 0 Å². The van der Waals surface area contributed by atoms with Gasteiger partial charge in [-0.1, -0.05) is 36.4 Å². The molecule has 0 saturated heterocycles. The van der Waals surface area contributed by atoms with E-state index in [0.29, 0.717) is 10.8 Å². The molecule has 2 aromatic carbocycles. The maximum absolute atomic E-state index is 12.7. The van der Waals surface area contributed by atoms with Gasteiger partial charge in [-0.15, -0.1) is 0 Å². The van der Waals surface area contributed by atoms with E-state index in [4.69, 9.17) is 0 Å². The molecule has 32 heavy (non-hydrogen) atoms. The van der Waals surface area contributed by atoms with Crippen LogP contribution in [0.2, 0.25) is 0 Å². The number of benzene rings is 2. The van der Waals surface area contributed by atoms with Gasteiger partial charge in [-0.3, -0.25) is 25.2 Å². The summed E-state index contributed by atoms with van der Waals surface area (Å²) in [5, 5.41) is 4.80. The summed E-state index contributed by atoms with van der Waals surface area (Å²) in [6.07, 6.45) is 0. The monoisotopic (exact) mass is 457 g/mol. The molecule has 2 amide bonds. The Bertz CT molecular complexity index is 1320. The standard InChI is InChI=1S/C21H23N5O5S/c1-13(2)26-21(29)17-12-8-7-11-16(17)18(24-26)20(28)23-22-19(27)14(3)25-32(30,31)15-9-5-4-6-10-15/h4-14,25H,1-3H3,(H,22,27)(H,23,28). The van der Waals surface area contributed by atoms with Crippen LogP contribution in [0.25, 0.3) is 10.8 Å². The predicted octanol–water partition coefficient (Wildman–Crippen LogP) is 1.11. The van der Waals surface area contributed by atoms with Crippen LogP contribution in [0.3, 0.4) is 0 Å². The van der Waals surface area contributed by atoms with Crippen molar-refractivity contribution < 1.29 is 18.0 Å². The third kappa shape index (κ3) is 4.84. The number of fused-ring (bicyclic) bond motifs is 1. The first-order valence-corrected chi connectivity index (χ1v) is 11.3. The van der Waals surface area contributed by atoms with E-state index in [0.717, 1.165) is 0 Å². The van der Waals surface area contributed by atoms with Crippen molar-refractivity contribution in [1.82, 2.24) is 25.4 Å². The summed E-state index contributed by atoms with van der Waals surface area (Å²) in [5.41, 5.74) is 4.04. The third-order valence-corrected chi connectivity index (χ3v) is 6.17. The fourth-order valence-electron chi connectivity index (χ4n) is 2.96. The van der Waals surface area contributed by atoms with E-state index in [1.54, 1.807) is 56.3 Å². The summed E-state index contributed by atoms with van der Waals surface area (Å²) in [4.78, 5) is 37.7. The molecule has 0 aliphatic carbocycles. The number of hydrogen-bond acceptors (Lipinski definition) is 6. The van der Waals surface area contributed by atoms with Crippen LogP contribution in [-0.2, 0) is 14.8 Å². The van der Waals surface area contributed by atoms with Crippen molar-refractivity contribution in [2.24, 2.45) is 0 Å². The maximum atomic E-state index is 12.7. The van der Waals surface area contributed by atoms with Gasteiger partial charge in [0.05, 0.1) is 22.4 Å². The number of nitrogens with zero attached hydrogens (tertiary/aromatic N) is 2. The van der Waals surface area contributed by atoms with E-state index in [-0.39, 0.29) is 22.2 Å². The molecule has 3 N–H and O–H groups in total. The molecule has 3 aromatic rings. The Morgan fingerprint density at radius 2 is 1.50 bits per heavy atom. The molecule has 0 aliphatic heterocycles. The summed E-state index contributed by atoms with van der Waals surface area (Å²) in [7, 11) is -3.92. The minimum Gasteiger partial charge on any atom is -0.271 e. The zero-order valence-corrected chi connectivity index (χ0v) is 18.5. The number of hydrogen-bond donors (Lipinski definition) is 3. The molecule has 0 bridgehead atoms. The number of aromatic nitrogens is 2. The highest BCUT2D eigenvalue weighted by Crippen LogP contribution is 2.14. The summed E-state index contributed by atoms with van der Waals surface area (Å²) >= 11 is 0. The van der Waals surface area contributed by atoms with E-state index < -0.39 is 27.9 Å². The molecule has 11 heteroatoms. The molecular formula is C21H23N5O5S. The van der Waals surface area contributed by atoms with Gasteiger partial charge in [0.15, 0.2) is 5.69 Å². The van der Waals surface area contributed by atoms with Gasteiger partial charge in [-0.2, -0.15) is 9.82 Å². The average molecular weight is 458 g/mol. The number of sulfonamides is 1. The zero-order valence-electron chi connectivity index (χ0n) is 17.7. The number of carbonyl (C=O) groups excluding carboxylic acids is 2. The van der Waals surface area contributed by atoms with Crippen molar-refractivity contribution in [2.75, 3.05) is 0 Å². The van der Waals surface area contributed by atoms with Crippen molar-refractivity contribution in [3.05, 3.63) is 70.6 Å². The molecule has 168 valence electrons. The minimum absolute atomic E-state index is 0.00953. The van der Waals surface area contributed by atoms with E-state index in [1.807, 2.05) is 0 Å². The Morgan fingerprint density at radius 3 is 2.12 bits per heavy atom. The average Bonchev–Trinajstić information content (AvgIpc) is 2.77. The van der Waals surface area contributed by atoms with E-state index in [9.17, 15) is 22.8 Å². The minimum atomic E-state index is -3.92. The third-order valence-electron chi connectivity index (χ3n) is 4.61. The molecule has 0 spiro atoms. The van der Waals surface area contributed by atoms with Crippen LogP contribution in [0, 0.1) is 0 Å². The highest BCUT2D eigenvalue weighted by Gasteiger charge is 2.23. The van der Waals surface area contributed by atoms with Crippen LogP contribution in [-0.4, -0.2) is 36.1 Å². The molecule has 0 fully saturated rings. The summed E-state index contributed by atoms with van der Waals surface area (Å²) in [6.45, 7) is 4.86. The lowest BCUT2D eigenvalue weighted by Gasteiger charge is -2.16. The van der Waals surface area contributed by atoms with Gasteiger partial charge in [-0.05, 0) is 39.0 Å². The fourth-order valence-corrected chi connectivity index (χ4v) is 4.19. The molecule has 3 rings (SSSR count). The largest absolute Gasteiger partial charge is 0.290 e. The number of rotatable bonds is 6. The molecule has 0 radical (unpaired) electrons. The van der Waals surface area contributed by atoms with Crippen LogP contribution in [0.4, 0.5) is 0 Å². The van der Waals surface area contributed by atoms with Gasteiger partial charge in [-0.25, -0.2) is 13.1 Å². The fraction of sp³-hybridized carbons (Fsp3) is 0.238. The van der Waals surface area contributed by atoms with Crippen molar-refractivity contribution in [1.29, 1.82) is 0 Å². The second-order valence-corrected chi connectivity index (χ2v) is 9.05. The van der Waals surface area contributed by atoms with Gasteiger partial charge < -0.3 is 0 Å². The van der Waals surface area contributed by atoms with Crippen LogP contribution < -0.4 is 21.1 Å². The number of amides is 2.